The smallest absolute Gasteiger partial charge is 0.261 e. The molecular weight excluding hydrogens is 448 g/mol. The molecule has 3 aromatic rings. The molecule has 10 heteroatoms. The lowest BCUT2D eigenvalue weighted by Gasteiger charge is -2.37. The van der Waals surface area contributed by atoms with E-state index in [1.54, 1.807) is 24.5 Å². The van der Waals surface area contributed by atoms with Gasteiger partial charge in [0.05, 0.1) is 23.1 Å². The van der Waals surface area contributed by atoms with Crippen LogP contribution in [0.2, 0.25) is 5.02 Å². The molecule has 0 unspecified atom stereocenters. The van der Waals surface area contributed by atoms with Crippen molar-refractivity contribution in [2.75, 3.05) is 23.3 Å². The zero-order valence-electron chi connectivity index (χ0n) is 17.5. The van der Waals surface area contributed by atoms with Crippen LogP contribution in [0.4, 0.5) is 11.5 Å². The topological polar surface area (TPSA) is 117 Å². The SMILES string of the molecule is CC1(N)CCN(c2cnc(Sc3cccc(NC(=O)c4c[nH]ccc4=O)c3Cl)cn2)CC1. The predicted octanol–water partition coefficient (Wildman–Crippen LogP) is 3.54. The van der Waals surface area contributed by atoms with E-state index in [0.717, 1.165) is 31.7 Å². The van der Waals surface area contributed by atoms with E-state index in [1.807, 2.05) is 6.07 Å². The van der Waals surface area contributed by atoms with E-state index in [1.165, 1.54) is 30.2 Å². The molecule has 166 valence electrons. The summed E-state index contributed by atoms with van der Waals surface area (Å²) in [6.45, 7) is 3.78. The second-order valence-corrected chi connectivity index (χ2v) is 9.39. The number of aromatic nitrogens is 3. The Balaban J connectivity index is 1.45. The van der Waals surface area contributed by atoms with Crippen LogP contribution in [-0.2, 0) is 0 Å². The summed E-state index contributed by atoms with van der Waals surface area (Å²) in [5.74, 6) is 0.292. The second-order valence-electron chi connectivity index (χ2n) is 7.95. The van der Waals surface area contributed by atoms with Gasteiger partial charge in [0.1, 0.15) is 16.4 Å². The number of hydrogen-bond acceptors (Lipinski definition) is 7. The Labute approximate surface area is 194 Å². The average molecular weight is 471 g/mol. The van der Waals surface area contributed by atoms with E-state index in [0.29, 0.717) is 20.6 Å². The van der Waals surface area contributed by atoms with Crippen LogP contribution in [0.15, 0.2) is 63.8 Å². The standard InChI is InChI=1S/C22H23ClN6O2S/c1-22(24)6-9-29(10-7-22)18-12-27-19(13-26-18)32-17-4-2-3-15(20(17)23)28-21(31)14-11-25-8-5-16(14)30/h2-5,8,11-13H,6-7,9-10,24H2,1H3,(H,25,30)(H,28,31). The number of carbonyl (C=O) groups excluding carboxylic acids is 1. The first-order chi connectivity index (χ1) is 15.3. The molecule has 0 radical (unpaired) electrons. The minimum atomic E-state index is -0.532. The summed E-state index contributed by atoms with van der Waals surface area (Å²) in [6.07, 6.45) is 8.11. The number of amides is 1. The fourth-order valence-electron chi connectivity index (χ4n) is 3.35. The lowest BCUT2D eigenvalue weighted by molar-refractivity contribution is 0.102. The summed E-state index contributed by atoms with van der Waals surface area (Å²) < 4.78 is 0. The zero-order chi connectivity index (χ0) is 22.7. The van der Waals surface area contributed by atoms with Crippen LogP contribution in [0.25, 0.3) is 0 Å². The number of H-pyrrole nitrogens is 1. The zero-order valence-corrected chi connectivity index (χ0v) is 19.0. The maximum Gasteiger partial charge on any atom is 0.261 e. The maximum absolute atomic E-state index is 12.5. The van der Waals surface area contributed by atoms with Crippen molar-refractivity contribution in [3.05, 3.63) is 69.9 Å². The quantitative estimate of drug-likeness (QED) is 0.522. The number of rotatable bonds is 5. The van der Waals surface area contributed by atoms with Crippen molar-refractivity contribution in [1.29, 1.82) is 0 Å². The highest BCUT2D eigenvalue weighted by Crippen LogP contribution is 2.36. The van der Waals surface area contributed by atoms with Crippen molar-refractivity contribution < 1.29 is 4.79 Å². The van der Waals surface area contributed by atoms with Crippen molar-refractivity contribution in [3.63, 3.8) is 0 Å². The summed E-state index contributed by atoms with van der Waals surface area (Å²) in [6, 6.07) is 6.58. The number of piperidine rings is 1. The Morgan fingerprint density at radius 1 is 1.25 bits per heavy atom. The fourth-order valence-corrected chi connectivity index (χ4v) is 4.43. The van der Waals surface area contributed by atoms with Crippen molar-refractivity contribution in [3.8, 4) is 0 Å². The molecule has 0 spiro atoms. The van der Waals surface area contributed by atoms with Crippen LogP contribution in [-0.4, -0.2) is 39.5 Å². The number of hydrogen-bond donors (Lipinski definition) is 3. The van der Waals surface area contributed by atoms with E-state index in [9.17, 15) is 9.59 Å². The summed E-state index contributed by atoms with van der Waals surface area (Å²) in [7, 11) is 0. The lowest BCUT2D eigenvalue weighted by Crippen LogP contribution is -2.48. The molecule has 1 aliphatic heterocycles. The molecule has 1 amide bonds. The maximum atomic E-state index is 12.5. The van der Waals surface area contributed by atoms with Crippen LogP contribution in [0, 0.1) is 0 Å². The van der Waals surface area contributed by atoms with E-state index in [4.69, 9.17) is 17.3 Å². The van der Waals surface area contributed by atoms with E-state index >= 15 is 0 Å². The summed E-state index contributed by atoms with van der Waals surface area (Å²) in [5.41, 5.74) is 6.13. The normalized spacial score (nSPS) is 15.4. The molecular formula is C22H23ClN6O2S. The number of halogens is 1. The molecule has 4 N–H and O–H groups in total. The third-order valence-corrected chi connectivity index (χ3v) is 6.84. The van der Waals surface area contributed by atoms with Gasteiger partial charge in [-0.3, -0.25) is 9.59 Å². The fraction of sp³-hybridized carbons (Fsp3) is 0.273. The molecule has 32 heavy (non-hydrogen) atoms. The van der Waals surface area contributed by atoms with Gasteiger partial charge >= 0.3 is 0 Å². The third-order valence-electron chi connectivity index (χ3n) is 5.34. The minimum absolute atomic E-state index is 0.00995. The van der Waals surface area contributed by atoms with Gasteiger partial charge in [-0.1, -0.05) is 29.4 Å². The monoisotopic (exact) mass is 470 g/mol. The van der Waals surface area contributed by atoms with Gasteiger partial charge in [0.2, 0.25) is 0 Å². The van der Waals surface area contributed by atoms with Gasteiger partial charge in [0.15, 0.2) is 5.43 Å². The van der Waals surface area contributed by atoms with Gasteiger partial charge in [-0.05, 0) is 31.9 Å². The predicted molar refractivity (Wildman–Crippen MR) is 127 cm³/mol. The van der Waals surface area contributed by atoms with E-state index in [-0.39, 0.29) is 16.5 Å². The Morgan fingerprint density at radius 2 is 2.03 bits per heavy atom. The molecule has 0 bridgehead atoms. The average Bonchev–Trinajstić information content (AvgIpc) is 2.77. The highest BCUT2D eigenvalue weighted by Gasteiger charge is 2.26. The first kappa shape index (κ1) is 22.3. The first-order valence-corrected chi connectivity index (χ1v) is 11.3. The molecule has 1 aliphatic rings. The molecule has 3 heterocycles. The minimum Gasteiger partial charge on any atom is -0.367 e. The highest BCUT2D eigenvalue weighted by molar-refractivity contribution is 7.99. The van der Waals surface area contributed by atoms with Gasteiger partial charge in [-0.25, -0.2) is 9.97 Å². The molecule has 0 atom stereocenters. The van der Waals surface area contributed by atoms with E-state index in [2.05, 4.69) is 32.1 Å². The Morgan fingerprint density at radius 3 is 2.72 bits per heavy atom. The number of pyridine rings is 1. The molecule has 0 aliphatic carbocycles. The Kier molecular flexibility index (Phi) is 6.50. The molecule has 8 nitrogen and oxygen atoms in total. The molecule has 4 rings (SSSR count). The molecule has 2 aromatic heterocycles. The van der Waals surface area contributed by atoms with Crippen LogP contribution < -0.4 is 21.4 Å². The summed E-state index contributed by atoms with van der Waals surface area (Å²) in [4.78, 5) is 39.0. The number of nitrogens with zero attached hydrogens (tertiary/aromatic N) is 3. The van der Waals surface area contributed by atoms with Gasteiger partial charge in [0, 0.05) is 42.0 Å². The number of nitrogens with one attached hydrogen (secondary N) is 2. The van der Waals surface area contributed by atoms with Crippen molar-refractivity contribution in [1.82, 2.24) is 15.0 Å². The largest absolute Gasteiger partial charge is 0.367 e. The summed E-state index contributed by atoms with van der Waals surface area (Å²) in [5, 5.41) is 3.74. The van der Waals surface area contributed by atoms with Crippen LogP contribution in [0.5, 0.6) is 0 Å². The Bertz CT molecular complexity index is 1170. The second kappa shape index (κ2) is 9.32. The van der Waals surface area contributed by atoms with Gasteiger partial charge in [-0.15, -0.1) is 0 Å². The number of carbonyl (C=O) groups is 1. The van der Waals surface area contributed by atoms with Crippen LogP contribution >= 0.6 is 23.4 Å². The van der Waals surface area contributed by atoms with Crippen molar-refractivity contribution in [2.45, 2.75) is 35.2 Å². The number of nitrogens with two attached hydrogens (primary N) is 1. The highest BCUT2D eigenvalue weighted by atomic mass is 35.5. The Hall–Kier alpha value is -2.88. The molecule has 1 aromatic carbocycles. The van der Waals surface area contributed by atoms with Gasteiger partial charge in [-0.2, -0.15) is 0 Å². The van der Waals surface area contributed by atoms with Gasteiger partial charge in [0.25, 0.3) is 5.91 Å². The van der Waals surface area contributed by atoms with Crippen LogP contribution in [0.1, 0.15) is 30.1 Å². The number of anilines is 2. The van der Waals surface area contributed by atoms with Crippen LogP contribution in [0.3, 0.4) is 0 Å². The number of benzene rings is 1. The molecule has 0 saturated carbocycles. The van der Waals surface area contributed by atoms with Gasteiger partial charge < -0.3 is 20.9 Å². The molecule has 1 fully saturated rings. The third kappa shape index (κ3) is 5.12. The first-order valence-electron chi connectivity index (χ1n) is 10.1. The summed E-state index contributed by atoms with van der Waals surface area (Å²) >= 11 is 7.87. The van der Waals surface area contributed by atoms with Crippen molar-refractivity contribution in [2.24, 2.45) is 5.73 Å². The molecule has 1 saturated heterocycles. The van der Waals surface area contributed by atoms with Crippen molar-refractivity contribution >= 4 is 40.8 Å². The van der Waals surface area contributed by atoms with E-state index < -0.39 is 5.91 Å². The lowest BCUT2D eigenvalue weighted by atomic mass is 9.91. The number of aromatic amines is 1.